The number of rotatable bonds is 2. The van der Waals surface area contributed by atoms with Crippen LogP contribution in [0.4, 0.5) is 8.78 Å². The molecule has 1 atom stereocenters. The summed E-state index contributed by atoms with van der Waals surface area (Å²) in [5.41, 5.74) is -0.935. The van der Waals surface area contributed by atoms with E-state index in [4.69, 9.17) is 18.1 Å². The Morgan fingerprint density at radius 2 is 1.70 bits per heavy atom. The van der Waals surface area contributed by atoms with Crippen molar-refractivity contribution in [3.05, 3.63) is 11.9 Å². The zero-order valence-electron chi connectivity index (χ0n) is 12.5. The first-order valence-electron chi connectivity index (χ1n) is 6.39. The molecule has 2 N–H and O–H groups in total. The van der Waals surface area contributed by atoms with E-state index in [1.807, 2.05) is 0 Å². The third kappa shape index (κ3) is 4.02. The lowest BCUT2D eigenvalue weighted by Crippen LogP contribution is -2.44. The molecule has 1 aliphatic carbocycles. The molecule has 1 fully saturated rings. The quantitative estimate of drug-likeness (QED) is 0.800. The molecule has 2 rings (SSSR count). The van der Waals surface area contributed by atoms with E-state index in [0.717, 1.165) is 0 Å². The Hall–Kier alpha value is -0.945. The van der Waals surface area contributed by atoms with Gasteiger partial charge in [-0.05, 0) is 34.6 Å². The molecule has 1 aromatic rings. The van der Waals surface area contributed by atoms with Gasteiger partial charge in [-0.2, -0.15) is 5.10 Å². The molecular formula is C13H21BF2N2O2. The Balaban J connectivity index is 0.000000221. The number of nitrogens with zero attached hydrogens (tertiary/aromatic N) is 2. The minimum Gasteiger partial charge on any atom is -0.387 e. The average Bonchev–Trinajstić information content (AvgIpc) is 2.71. The van der Waals surface area contributed by atoms with Gasteiger partial charge in [-0.3, -0.25) is 4.68 Å². The molecule has 0 saturated heterocycles. The van der Waals surface area contributed by atoms with Crippen molar-refractivity contribution >= 4 is 13.3 Å². The van der Waals surface area contributed by atoms with Crippen molar-refractivity contribution < 1.29 is 19.0 Å². The third-order valence-electron chi connectivity index (χ3n) is 3.56. The molecule has 0 aliphatic heterocycles. The van der Waals surface area contributed by atoms with Gasteiger partial charge in [0.05, 0.1) is 16.9 Å². The van der Waals surface area contributed by atoms with E-state index in [2.05, 4.69) is 5.10 Å². The van der Waals surface area contributed by atoms with Crippen molar-refractivity contribution in [3.8, 4) is 0 Å². The van der Waals surface area contributed by atoms with E-state index in [-0.39, 0.29) is 6.42 Å². The zero-order chi connectivity index (χ0) is 15.9. The number of aromatic nitrogens is 2. The van der Waals surface area contributed by atoms with Crippen LogP contribution >= 0.6 is 0 Å². The Morgan fingerprint density at radius 1 is 1.30 bits per heavy atom. The summed E-state index contributed by atoms with van der Waals surface area (Å²) in [7, 11) is 5.47. The van der Waals surface area contributed by atoms with Crippen LogP contribution in [0.15, 0.2) is 6.20 Å². The highest BCUT2D eigenvalue weighted by Crippen LogP contribution is 2.51. The van der Waals surface area contributed by atoms with Gasteiger partial charge in [-0.1, -0.05) is 5.46 Å². The molecule has 2 radical (unpaired) electrons. The molecular weight excluding hydrogens is 265 g/mol. The van der Waals surface area contributed by atoms with E-state index < -0.39 is 23.2 Å². The van der Waals surface area contributed by atoms with Crippen LogP contribution in [0, 0.1) is 6.92 Å². The molecule has 1 heterocycles. The topological polar surface area (TPSA) is 58.3 Å². The van der Waals surface area contributed by atoms with E-state index >= 15 is 0 Å². The van der Waals surface area contributed by atoms with Crippen LogP contribution in [0.2, 0.25) is 0 Å². The first-order valence-corrected chi connectivity index (χ1v) is 6.39. The fraction of sp³-hybridized carbons (Fsp3) is 0.769. The summed E-state index contributed by atoms with van der Waals surface area (Å²) in [5.74, 6) is -2.58. The van der Waals surface area contributed by atoms with Gasteiger partial charge in [0.2, 0.25) is 0 Å². The largest absolute Gasteiger partial charge is 0.387 e. The standard InChI is InChI=1S/C7H7BF2N2.C6H14O2/c1-4-5(8)3-12(11-4)6-2-7(6,9)10;1-5(2,7)6(3,4)8/h3,6H,2H2,1H3;7-8H,1-4H3. The normalized spacial score (nSPS) is 21.1. The Labute approximate surface area is 119 Å². The van der Waals surface area contributed by atoms with Crippen LogP contribution < -0.4 is 5.46 Å². The lowest BCUT2D eigenvalue weighted by atomic mass is 9.90. The Kier molecular flexibility index (Phi) is 4.37. The zero-order valence-corrected chi connectivity index (χ0v) is 12.5. The monoisotopic (exact) mass is 286 g/mol. The minimum atomic E-state index is -2.58. The summed E-state index contributed by atoms with van der Waals surface area (Å²) in [6, 6.07) is -0.770. The van der Waals surface area contributed by atoms with Gasteiger partial charge in [-0.25, -0.2) is 8.78 Å². The Morgan fingerprint density at radius 3 is 1.90 bits per heavy atom. The van der Waals surface area contributed by atoms with Gasteiger partial charge < -0.3 is 10.2 Å². The van der Waals surface area contributed by atoms with Crippen molar-refractivity contribution in [3.63, 3.8) is 0 Å². The smallest absolute Gasteiger partial charge is 0.272 e. The van der Waals surface area contributed by atoms with Gasteiger partial charge in [0.15, 0.2) is 0 Å². The molecule has 1 aromatic heterocycles. The lowest BCUT2D eigenvalue weighted by molar-refractivity contribution is -0.107. The number of halogens is 2. The number of hydrogen-bond acceptors (Lipinski definition) is 3. The van der Waals surface area contributed by atoms with E-state index in [9.17, 15) is 8.78 Å². The van der Waals surface area contributed by atoms with Gasteiger partial charge in [0.25, 0.3) is 5.92 Å². The molecule has 7 heteroatoms. The summed E-state index contributed by atoms with van der Waals surface area (Å²) in [5, 5.41) is 22.1. The molecule has 112 valence electrons. The number of alkyl halides is 2. The highest BCUT2D eigenvalue weighted by atomic mass is 19.3. The van der Waals surface area contributed by atoms with Crippen molar-refractivity contribution in [1.82, 2.24) is 9.78 Å². The third-order valence-corrected chi connectivity index (χ3v) is 3.56. The predicted octanol–water partition coefficient (Wildman–Crippen LogP) is 1.09. The second-order valence-electron chi connectivity index (χ2n) is 6.25. The molecule has 0 amide bonds. The van der Waals surface area contributed by atoms with Crippen LogP contribution in [0.1, 0.15) is 45.9 Å². The highest BCUT2D eigenvalue weighted by Gasteiger charge is 2.59. The number of hydrogen-bond donors (Lipinski definition) is 2. The maximum atomic E-state index is 12.5. The molecule has 1 saturated carbocycles. The SMILES string of the molecule is CC(C)(O)C(C)(C)O.[B]c1cn(C2CC2(F)F)nc1C. The maximum Gasteiger partial charge on any atom is 0.272 e. The number of aliphatic hydroxyl groups is 2. The number of aryl methyl sites for hydroxylation is 1. The molecule has 0 aromatic carbocycles. The highest BCUT2D eigenvalue weighted by molar-refractivity contribution is 6.32. The summed E-state index contributed by atoms with van der Waals surface area (Å²) >= 11 is 0. The van der Waals surface area contributed by atoms with Crippen LogP contribution in [0.5, 0.6) is 0 Å². The lowest BCUT2D eigenvalue weighted by Gasteiger charge is -2.31. The second-order valence-corrected chi connectivity index (χ2v) is 6.25. The van der Waals surface area contributed by atoms with Crippen LogP contribution in [-0.2, 0) is 0 Å². The van der Waals surface area contributed by atoms with E-state index in [0.29, 0.717) is 11.2 Å². The second kappa shape index (κ2) is 5.11. The maximum absolute atomic E-state index is 12.5. The first kappa shape index (κ1) is 17.1. The minimum absolute atomic E-state index is 0.117. The molecule has 0 bridgehead atoms. The van der Waals surface area contributed by atoms with Crippen molar-refractivity contribution in [2.45, 2.75) is 64.2 Å². The summed E-state index contributed by atoms with van der Waals surface area (Å²) in [6.45, 7) is 8.01. The molecule has 1 aliphatic rings. The molecule has 0 spiro atoms. The van der Waals surface area contributed by atoms with Crippen LogP contribution in [0.25, 0.3) is 0 Å². The molecule has 4 nitrogen and oxygen atoms in total. The van der Waals surface area contributed by atoms with Gasteiger partial charge in [-0.15, -0.1) is 0 Å². The fourth-order valence-electron chi connectivity index (χ4n) is 1.14. The fourth-order valence-corrected chi connectivity index (χ4v) is 1.14. The van der Waals surface area contributed by atoms with Gasteiger partial charge >= 0.3 is 0 Å². The summed E-state index contributed by atoms with van der Waals surface area (Å²) in [6.07, 6.45) is 1.34. The van der Waals surface area contributed by atoms with Crippen LogP contribution in [-0.4, -0.2) is 45.0 Å². The van der Waals surface area contributed by atoms with Crippen molar-refractivity contribution in [1.29, 1.82) is 0 Å². The summed E-state index contributed by atoms with van der Waals surface area (Å²) < 4.78 is 26.3. The molecule has 1 unspecified atom stereocenters. The predicted molar refractivity (Wildman–Crippen MR) is 73.5 cm³/mol. The Bertz CT molecular complexity index is 444. The molecule has 20 heavy (non-hydrogen) atoms. The van der Waals surface area contributed by atoms with E-state index in [1.165, 1.54) is 10.9 Å². The van der Waals surface area contributed by atoms with Crippen molar-refractivity contribution in [2.24, 2.45) is 0 Å². The van der Waals surface area contributed by atoms with Gasteiger partial charge in [0.1, 0.15) is 13.9 Å². The van der Waals surface area contributed by atoms with E-state index in [1.54, 1.807) is 34.6 Å². The van der Waals surface area contributed by atoms with Gasteiger partial charge in [0, 0.05) is 12.6 Å². The average molecular weight is 286 g/mol. The summed E-state index contributed by atoms with van der Waals surface area (Å²) in [4.78, 5) is 0. The van der Waals surface area contributed by atoms with Crippen molar-refractivity contribution in [2.75, 3.05) is 0 Å². The first-order chi connectivity index (χ1) is 8.75. The van der Waals surface area contributed by atoms with Crippen LogP contribution in [0.3, 0.4) is 0 Å².